The molecule has 1 aromatic carbocycles. The summed E-state index contributed by atoms with van der Waals surface area (Å²) in [5.74, 6) is -0.0115. The van der Waals surface area contributed by atoms with Crippen LogP contribution in [0, 0.1) is 0 Å². The van der Waals surface area contributed by atoms with E-state index in [0.717, 1.165) is 24.8 Å². The van der Waals surface area contributed by atoms with E-state index in [9.17, 15) is 13.2 Å². The number of sulfonamides is 1. The van der Waals surface area contributed by atoms with Gasteiger partial charge in [-0.1, -0.05) is 6.07 Å². The number of imidazole rings is 1. The lowest BCUT2D eigenvalue weighted by Crippen LogP contribution is -2.51. The number of carbonyl (C=O) groups is 1. The van der Waals surface area contributed by atoms with Gasteiger partial charge < -0.3 is 9.47 Å². The highest BCUT2D eigenvalue weighted by atomic mass is 32.2. The van der Waals surface area contributed by atoms with Crippen molar-refractivity contribution >= 4 is 15.9 Å². The molecule has 1 amide bonds. The van der Waals surface area contributed by atoms with Crippen molar-refractivity contribution in [2.24, 2.45) is 0 Å². The number of rotatable bonds is 4. The Hall–Kier alpha value is -2.19. The van der Waals surface area contributed by atoms with E-state index in [1.54, 1.807) is 34.3 Å². The first kappa shape index (κ1) is 18.2. The Balaban J connectivity index is 1.43. The monoisotopic (exact) mass is 388 g/mol. The average molecular weight is 388 g/mol. The van der Waals surface area contributed by atoms with Crippen molar-refractivity contribution in [3.8, 4) is 0 Å². The minimum atomic E-state index is -3.52. The molecule has 1 saturated heterocycles. The van der Waals surface area contributed by atoms with E-state index in [2.05, 4.69) is 4.98 Å². The van der Waals surface area contributed by atoms with Gasteiger partial charge in [0.05, 0.1) is 11.2 Å². The van der Waals surface area contributed by atoms with Gasteiger partial charge in [0.1, 0.15) is 6.04 Å². The summed E-state index contributed by atoms with van der Waals surface area (Å²) in [6, 6.07) is 5.16. The van der Waals surface area contributed by atoms with Crippen molar-refractivity contribution in [3.63, 3.8) is 0 Å². The molecule has 0 bridgehead atoms. The molecule has 1 aliphatic carbocycles. The molecule has 2 aromatic rings. The molecule has 144 valence electrons. The van der Waals surface area contributed by atoms with Crippen LogP contribution in [0.25, 0.3) is 0 Å². The molecule has 27 heavy (non-hydrogen) atoms. The van der Waals surface area contributed by atoms with Crippen molar-refractivity contribution < 1.29 is 13.2 Å². The number of hydrogen-bond donors (Lipinski definition) is 0. The number of fused-ring (bicyclic) bond motifs is 1. The van der Waals surface area contributed by atoms with Gasteiger partial charge in [0, 0.05) is 38.6 Å². The molecule has 1 unspecified atom stereocenters. The van der Waals surface area contributed by atoms with Crippen molar-refractivity contribution in [2.75, 3.05) is 26.2 Å². The van der Waals surface area contributed by atoms with E-state index in [1.807, 2.05) is 19.1 Å². The minimum Gasteiger partial charge on any atom is -0.338 e. The van der Waals surface area contributed by atoms with Gasteiger partial charge in [-0.2, -0.15) is 4.31 Å². The number of piperazine rings is 1. The molecule has 0 spiro atoms. The number of hydrogen-bond acceptors (Lipinski definition) is 4. The molecular formula is C19H24N4O3S. The fourth-order valence-electron chi connectivity index (χ4n) is 3.90. The van der Waals surface area contributed by atoms with Crippen LogP contribution in [-0.2, 0) is 27.7 Å². The van der Waals surface area contributed by atoms with Crippen LogP contribution >= 0.6 is 0 Å². The van der Waals surface area contributed by atoms with Crippen molar-refractivity contribution in [1.29, 1.82) is 0 Å². The molecule has 1 atom stereocenters. The molecule has 0 saturated carbocycles. The Morgan fingerprint density at radius 2 is 1.85 bits per heavy atom. The van der Waals surface area contributed by atoms with Gasteiger partial charge in [-0.25, -0.2) is 13.4 Å². The summed E-state index contributed by atoms with van der Waals surface area (Å²) in [7, 11) is -3.52. The third-order valence-electron chi connectivity index (χ3n) is 5.59. The molecule has 0 N–H and O–H groups in total. The van der Waals surface area contributed by atoms with Crippen LogP contribution in [-0.4, -0.2) is 59.3 Å². The lowest BCUT2D eigenvalue weighted by atomic mass is 10.1. The van der Waals surface area contributed by atoms with Crippen LogP contribution in [0.3, 0.4) is 0 Å². The van der Waals surface area contributed by atoms with E-state index >= 15 is 0 Å². The third kappa shape index (κ3) is 3.39. The zero-order valence-electron chi connectivity index (χ0n) is 15.4. The molecule has 7 nitrogen and oxygen atoms in total. The number of carbonyl (C=O) groups excluding carboxylic acids is 1. The second kappa shape index (κ2) is 7.09. The summed E-state index contributed by atoms with van der Waals surface area (Å²) in [5.41, 5.74) is 2.41. The largest absolute Gasteiger partial charge is 0.338 e. The predicted molar refractivity (Wildman–Crippen MR) is 101 cm³/mol. The summed E-state index contributed by atoms with van der Waals surface area (Å²) in [6.07, 6.45) is 8.10. The van der Waals surface area contributed by atoms with Gasteiger partial charge in [0.2, 0.25) is 15.9 Å². The van der Waals surface area contributed by atoms with Gasteiger partial charge in [0.15, 0.2) is 0 Å². The van der Waals surface area contributed by atoms with E-state index in [1.165, 1.54) is 9.87 Å². The standard InChI is InChI=1S/C19H24N4O3S/c1-15(22-8-7-20-14-22)19(24)21-9-11-23(12-10-21)27(25,26)18-6-5-16-3-2-4-17(16)13-18/h5-8,13-15H,2-4,9-12H2,1H3. The molecule has 4 rings (SSSR count). The lowest BCUT2D eigenvalue weighted by Gasteiger charge is -2.35. The van der Waals surface area contributed by atoms with E-state index < -0.39 is 10.0 Å². The first-order valence-corrected chi connectivity index (χ1v) is 10.8. The molecule has 0 radical (unpaired) electrons. The van der Waals surface area contributed by atoms with Crippen LogP contribution in [0.2, 0.25) is 0 Å². The second-order valence-corrected chi connectivity index (χ2v) is 9.14. The highest BCUT2D eigenvalue weighted by molar-refractivity contribution is 7.89. The molecule has 2 aliphatic rings. The zero-order chi connectivity index (χ0) is 19.0. The number of aryl methyl sites for hydroxylation is 2. The normalized spacial score (nSPS) is 19.1. The topological polar surface area (TPSA) is 75.5 Å². The molecule has 1 fully saturated rings. The Morgan fingerprint density at radius 3 is 2.56 bits per heavy atom. The molecular weight excluding hydrogens is 364 g/mol. The molecule has 1 aromatic heterocycles. The van der Waals surface area contributed by atoms with Crippen molar-refractivity contribution in [3.05, 3.63) is 48.0 Å². The van der Waals surface area contributed by atoms with Crippen molar-refractivity contribution in [2.45, 2.75) is 37.1 Å². The van der Waals surface area contributed by atoms with Gasteiger partial charge in [-0.05, 0) is 49.4 Å². The van der Waals surface area contributed by atoms with Gasteiger partial charge in [0.25, 0.3) is 0 Å². The number of amides is 1. The molecule has 8 heteroatoms. The molecule has 1 aliphatic heterocycles. The van der Waals surface area contributed by atoms with E-state index in [4.69, 9.17) is 0 Å². The highest BCUT2D eigenvalue weighted by Gasteiger charge is 2.32. The number of aromatic nitrogens is 2. The molecule has 2 heterocycles. The average Bonchev–Trinajstić information content (AvgIpc) is 3.38. The van der Waals surface area contributed by atoms with Gasteiger partial charge in [-0.15, -0.1) is 0 Å². The first-order valence-electron chi connectivity index (χ1n) is 9.35. The maximum absolute atomic E-state index is 13.0. The summed E-state index contributed by atoms with van der Waals surface area (Å²) in [4.78, 5) is 18.7. The maximum Gasteiger partial charge on any atom is 0.245 e. The second-order valence-electron chi connectivity index (χ2n) is 7.20. The minimum absolute atomic E-state index is 0.0115. The summed E-state index contributed by atoms with van der Waals surface area (Å²) in [5, 5.41) is 0. The summed E-state index contributed by atoms with van der Waals surface area (Å²) >= 11 is 0. The third-order valence-corrected chi connectivity index (χ3v) is 7.48. The fourth-order valence-corrected chi connectivity index (χ4v) is 5.37. The van der Waals surface area contributed by atoms with Crippen LogP contribution in [0.4, 0.5) is 0 Å². The fraction of sp³-hybridized carbons (Fsp3) is 0.474. The highest BCUT2D eigenvalue weighted by Crippen LogP contribution is 2.27. The lowest BCUT2D eigenvalue weighted by molar-refractivity contribution is -0.135. The Kier molecular flexibility index (Phi) is 4.77. The SMILES string of the molecule is CC(C(=O)N1CCN(S(=O)(=O)c2ccc3c(c2)CCC3)CC1)n1ccnc1. The number of nitrogens with zero attached hydrogens (tertiary/aromatic N) is 4. The summed E-state index contributed by atoms with van der Waals surface area (Å²) < 4.78 is 29.2. The Labute approximate surface area is 159 Å². The van der Waals surface area contributed by atoms with E-state index in [-0.39, 0.29) is 11.9 Å². The van der Waals surface area contributed by atoms with Crippen LogP contribution < -0.4 is 0 Å². The smallest absolute Gasteiger partial charge is 0.245 e. The van der Waals surface area contributed by atoms with Crippen LogP contribution in [0.1, 0.15) is 30.5 Å². The van der Waals surface area contributed by atoms with Gasteiger partial charge >= 0.3 is 0 Å². The first-order chi connectivity index (χ1) is 13.0. The van der Waals surface area contributed by atoms with Gasteiger partial charge in [-0.3, -0.25) is 4.79 Å². The number of benzene rings is 1. The Bertz CT molecular complexity index is 932. The quantitative estimate of drug-likeness (QED) is 0.795. The predicted octanol–water partition coefficient (Wildman–Crippen LogP) is 1.47. The maximum atomic E-state index is 13.0. The van der Waals surface area contributed by atoms with Crippen LogP contribution in [0.15, 0.2) is 41.8 Å². The zero-order valence-corrected chi connectivity index (χ0v) is 16.2. The summed E-state index contributed by atoms with van der Waals surface area (Å²) in [6.45, 7) is 3.28. The van der Waals surface area contributed by atoms with Crippen molar-refractivity contribution in [1.82, 2.24) is 18.8 Å². The Morgan fingerprint density at radius 1 is 1.11 bits per heavy atom. The van der Waals surface area contributed by atoms with Crippen LogP contribution in [0.5, 0.6) is 0 Å². The van der Waals surface area contributed by atoms with E-state index in [0.29, 0.717) is 31.1 Å².